The number of nitrogens with zero attached hydrogens (tertiary/aromatic N) is 1. The number of ether oxygens (including phenoxy) is 3. The predicted molar refractivity (Wildman–Crippen MR) is 131 cm³/mol. The van der Waals surface area contributed by atoms with Crippen molar-refractivity contribution in [3.8, 4) is 17.2 Å². The van der Waals surface area contributed by atoms with E-state index in [0.717, 1.165) is 12.1 Å². The minimum absolute atomic E-state index is 0.0250. The van der Waals surface area contributed by atoms with E-state index in [2.05, 4.69) is 10.1 Å². The molecular formula is C22H27F3N2O11S2. The Bertz CT molecular complexity index is 1320. The lowest BCUT2D eigenvalue weighted by Crippen LogP contribution is -2.58. The molecule has 0 unspecified atom stereocenters. The van der Waals surface area contributed by atoms with Crippen molar-refractivity contribution in [1.82, 2.24) is 10.4 Å². The van der Waals surface area contributed by atoms with Crippen LogP contribution in [-0.2, 0) is 29.8 Å². The maximum absolute atomic E-state index is 13.6. The van der Waals surface area contributed by atoms with Crippen LogP contribution in [0.3, 0.4) is 0 Å². The van der Waals surface area contributed by atoms with Crippen LogP contribution < -0.4 is 14.8 Å². The second-order valence-electron chi connectivity index (χ2n) is 8.21. The van der Waals surface area contributed by atoms with E-state index in [0.29, 0.717) is 5.06 Å². The summed E-state index contributed by atoms with van der Waals surface area (Å²) in [4.78, 5) is 12.9. The van der Waals surface area contributed by atoms with Crippen molar-refractivity contribution in [1.29, 1.82) is 0 Å². The number of nitrogens with one attached hydrogen (secondary N) is 1. The van der Waals surface area contributed by atoms with Gasteiger partial charge in [-0.05, 0) is 74.5 Å². The van der Waals surface area contributed by atoms with E-state index in [4.69, 9.17) is 27.0 Å². The number of methoxy groups -OCH3 is 1. The highest BCUT2D eigenvalue weighted by atomic mass is 32.3. The molecule has 4 N–H and O–H groups in total. The number of hydrogen-bond donors (Lipinski definition) is 4. The highest BCUT2D eigenvalue weighted by Gasteiger charge is 2.53. The summed E-state index contributed by atoms with van der Waals surface area (Å²) < 4.78 is 108. The maximum atomic E-state index is 13.6. The van der Waals surface area contributed by atoms with Crippen molar-refractivity contribution in [3.63, 3.8) is 0 Å². The number of halogens is 3. The molecule has 0 bridgehead atoms. The number of amides is 1. The van der Waals surface area contributed by atoms with Crippen LogP contribution in [0.5, 0.6) is 17.2 Å². The summed E-state index contributed by atoms with van der Waals surface area (Å²) in [6.45, 7) is 0.405. The van der Waals surface area contributed by atoms with Crippen LogP contribution in [0.2, 0.25) is 0 Å². The summed E-state index contributed by atoms with van der Waals surface area (Å²) >= 11 is 0. The fourth-order valence-electron chi connectivity index (χ4n) is 3.70. The lowest BCUT2D eigenvalue weighted by Gasteiger charge is -2.37. The van der Waals surface area contributed by atoms with Crippen LogP contribution in [-0.4, -0.2) is 86.6 Å². The molecular weight excluding hydrogens is 589 g/mol. The fraction of sp³-hybridized carbons (Fsp3) is 0.409. The molecule has 1 heterocycles. The number of benzene rings is 2. The second-order valence-corrected chi connectivity index (χ2v) is 11.4. The smallest absolute Gasteiger partial charge is 0.457 e. The minimum atomic E-state index is -4.81. The van der Waals surface area contributed by atoms with Gasteiger partial charge in [-0.25, -0.2) is 13.5 Å². The highest BCUT2D eigenvalue weighted by Crippen LogP contribution is 2.36. The summed E-state index contributed by atoms with van der Waals surface area (Å²) in [5, 5.41) is 13.6. The van der Waals surface area contributed by atoms with Gasteiger partial charge in [0.25, 0.3) is 5.91 Å². The van der Waals surface area contributed by atoms with Gasteiger partial charge < -0.3 is 19.5 Å². The quantitative estimate of drug-likeness (QED) is 0.183. The Morgan fingerprint density at radius 3 is 1.85 bits per heavy atom. The van der Waals surface area contributed by atoms with Gasteiger partial charge >= 0.3 is 16.8 Å². The van der Waals surface area contributed by atoms with Gasteiger partial charge in [0.2, 0.25) is 0 Å². The zero-order valence-corrected chi connectivity index (χ0v) is 22.5. The van der Waals surface area contributed by atoms with Gasteiger partial charge in [0.15, 0.2) is 14.6 Å². The first-order chi connectivity index (χ1) is 18.5. The number of carbonyl (C=O) groups excluding carboxylic acids is 1. The van der Waals surface area contributed by atoms with Crippen molar-refractivity contribution < 1.29 is 63.3 Å². The first-order valence-corrected chi connectivity index (χ1v) is 14.2. The van der Waals surface area contributed by atoms with Gasteiger partial charge in [-0.2, -0.15) is 8.42 Å². The van der Waals surface area contributed by atoms with E-state index in [1.165, 1.54) is 43.5 Å². The number of alkyl halides is 3. The average Bonchev–Trinajstić information content (AvgIpc) is 2.87. The summed E-state index contributed by atoms with van der Waals surface area (Å²) in [7, 11) is -7.49. The van der Waals surface area contributed by atoms with E-state index < -0.39 is 43.0 Å². The first kappa shape index (κ1) is 33.2. The number of piperidine rings is 1. The van der Waals surface area contributed by atoms with Crippen LogP contribution in [0.1, 0.15) is 12.8 Å². The Morgan fingerprint density at radius 1 is 0.950 bits per heavy atom. The van der Waals surface area contributed by atoms with E-state index in [-0.39, 0.29) is 55.5 Å². The van der Waals surface area contributed by atoms with Gasteiger partial charge in [-0.3, -0.25) is 19.1 Å². The Hall–Kier alpha value is -3.00. The van der Waals surface area contributed by atoms with Gasteiger partial charge in [0.05, 0.1) is 18.0 Å². The van der Waals surface area contributed by atoms with Crippen molar-refractivity contribution >= 4 is 26.1 Å². The zero-order chi connectivity index (χ0) is 30.2. The van der Waals surface area contributed by atoms with Crippen LogP contribution in [0.4, 0.5) is 13.2 Å². The number of hydrogen-bond acceptors (Lipinski definition) is 10. The van der Waals surface area contributed by atoms with Crippen LogP contribution in [0.15, 0.2) is 53.4 Å². The molecule has 0 spiro atoms. The second kappa shape index (κ2) is 13.6. The first-order valence-electron chi connectivity index (χ1n) is 11.3. The van der Waals surface area contributed by atoms with Crippen molar-refractivity contribution in [2.24, 2.45) is 0 Å². The molecule has 0 atom stereocenters. The molecule has 224 valence electrons. The molecule has 0 radical (unpaired) electrons. The highest BCUT2D eigenvalue weighted by molar-refractivity contribution is 7.93. The standard InChI is InChI=1S/C22H25F3N2O7S.H2O4S/c1-32-15-14-27(29)20(28)21(10-12-26-13-11-21)35(30,31)19-8-6-17(7-9-19)33-16-2-4-18(5-3-16)34-22(23,24)25;1-5(2,3)4/h2-9,26,29H,10-15H2,1H3;(H2,1,2,3,4). The lowest BCUT2D eigenvalue weighted by atomic mass is 9.95. The average molecular weight is 617 g/mol. The number of carbonyl (C=O) groups is 1. The van der Waals surface area contributed by atoms with Gasteiger partial charge in [0, 0.05) is 7.11 Å². The van der Waals surface area contributed by atoms with Crippen molar-refractivity contribution in [2.75, 3.05) is 33.4 Å². The molecule has 40 heavy (non-hydrogen) atoms. The van der Waals surface area contributed by atoms with Gasteiger partial charge in [-0.15, -0.1) is 13.2 Å². The largest absolute Gasteiger partial charge is 0.573 e. The Balaban J connectivity index is 0.00000103. The van der Waals surface area contributed by atoms with E-state index in [9.17, 15) is 31.6 Å². The maximum Gasteiger partial charge on any atom is 0.573 e. The van der Waals surface area contributed by atoms with Crippen molar-refractivity contribution in [2.45, 2.75) is 28.8 Å². The third-order valence-electron chi connectivity index (χ3n) is 5.48. The minimum Gasteiger partial charge on any atom is -0.457 e. The Morgan fingerprint density at radius 2 is 1.40 bits per heavy atom. The zero-order valence-electron chi connectivity index (χ0n) is 20.9. The summed E-state index contributed by atoms with van der Waals surface area (Å²) in [6.07, 6.45) is -4.86. The number of sulfone groups is 1. The van der Waals surface area contributed by atoms with Crippen LogP contribution >= 0.6 is 0 Å². The Labute approximate surface area is 227 Å². The monoisotopic (exact) mass is 616 g/mol. The molecule has 3 rings (SSSR count). The molecule has 13 nitrogen and oxygen atoms in total. The summed E-state index contributed by atoms with van der Waals surface area (Å²) in [6, 6.07) is 9.99. The number of rotatable bonds is 9. The topological polar surface area (TPSA) is 189 Å². The normalized spacial score (nSPS) is 15.4. The van der Waals surface area contributed by atoms with Crippen LogP contribution in [0, 0.1) is 0 Å². The van der Waals surface area contributed by atoms with Crippen LogP contribution in [0.25, 0.3) is 0 Å². The summed E-state index contributed by atoms with van der Waals surface area (Å²) in [5.74, 6) is -0.901. The number of hydroxylamine groups is 2. The fourth-order valence-corrected chi connectivity index (χ4v) is 5.72. The molecule has 1 saturated heterocycles. The van der Waals surface area contributed by atoms with E-state index in [1.54, 1.807) is 0 Å². The third-order valence-corrected chi connectivity index (χ3v) is 7.99. The lowest BCUT2D eigenvalue weighted by molar-refractivity contribution is -0.274. The molecule has 0 saturated carbocycles. The van der Waals surface area contributed by atoms with Crippen molar-refractivity contribution in [3.05, 3.63) is 48.5 Å². The molecule has 1 fully saturated rings. The molecule has 2 aromatic rings. The Kier molecular flexibility index (Phi) is 11.3. The predicted octanol–water partition coefficient (Wildman–Crippen LogP) is 2.48. The molecule has 18 heteroatoms. The SMILES string of the molecule is COCCN(O)C(=O)C1(S(=O)(=O)c2ccc(Oc3ccc(OC(F)(F)F)cc3)cc2)CCNCC1.O=S(=O)(O)O. The molecule has 0 aliphatic carbocycles. The molecule has 2 aromatic carbocycles. The van der Waals surface area contributed by atoms with E-state index >= 15 is 0 Å². The molecule has 0 aromatic heterocycles. The van der Waals surface area contributed by atoms with Gasteiger partial charge in [-0.1, -0.05) is 0 Å². The van der Waals surface area contributed by atoms with E-state index in [1.807, 2.05) is 0 Å². The molecule has 1 aliphatic heterocycles. The summed E-state index contributed by atoms with van der Waals surface area (Å²) in [5.41, 5.74) is 0. The molecule has 1 aliphatic rings. The molecule has 1 amide bonds. The third kappa shape index (κ3) is 9.58. The van der Waals surface area contributed by atoms with Gasteiger partial charge in [0.1, 0.15) is 17.2 Å².